The Kier molecular flexibility index (Phi) is 5.13. The molecule has 0 aliphatic rings. The smallest absolute Gasteiger partial charge is 0.0637 e. The molecule has 0 saturated carbocycles. The van der Waals surface area contributed by atoms with Gasteiger partial charge >= 0.3 is 0 Å². The van der Waals surface area contributed by atoms with Gasteiger partial charge in [-0.05, 0) is 30.2 Å². The molecule has 3 heteroatoms. The SMILES string of the molecule is CC(C)[C@@H](CO)N(Cc1ccccn1)c1ccccc1. The van der Waals surface area contributed by atoms with Crippen molar-refractivity contribution >= 4 is 5.69 Å². The molecular formula is C17H22N2O. The third-order valence-corrected chi connectivity index (χ3v) is 3.50. The van der Waals surface area contributed by atoms with Gasteiger partial charge < -0.3 is 10.0 Å². The van der Waals surface area contributed by atoms with Crippen LogP contribution in [0.1, 0.15) is 19.5 Å². The van der Waals surface area contributed by atoms with Crippen LogP contribution in [0.4, 0.5) is 5.69 Å². The van der Waals surface area contributed by atoms with Crippen molar-refractivity contribution in [3.63, 3.8) is 0 Å². The molecule has 1 aromatic heterocycles. The molecule has 0 aliphatic heterocycles. The van der Waals surface area contributed by atoms with Gasteiger partial charge in [-0.2, -0.15) is 0 Å². The molecule has 0 spiro atoms. The Morgan fingerprint density at radius 1 is 1.05 bits per heavy atom. The second-order valence-electron chi connectivity index (χ2n) is 5.28. The van der Waals surface area contributed by atoms with Gasteiger partial charge in [-0.15, -0.1) is 0 Å². The summed E-state index contributed by atoms with van der Waals surface area (Å²) >= 11 is 0. The van der Waals surface area contributed by atoms with Crippen molar-refractivity contribution < 1.29 is 5.11 Å². The zero-order valence-corrected chi connectivity index (χ0v) is 12.1. The predicted octanol–water partition coefficient (Wildman–Crippen LogP) is 3.11. The first-order chi connectivity index (χ1) is 9.72. The van der Waals surface area contributed by atoms with Crippen LogP contribution >= 0.6 is 0 Å². The highest BCUT2D eigenvalue weighted by atomic mass is 16.3. The van der Waals surface area contributed by atoms with Crippen molar-refractivity contribution in [1.82, 2.24) is 4.98 Å². The number of hydrogen-bond donors (Lipinski definition) is 1. The number of para-hydroxylation sites is 1. The first-order valence-electron chi connectivity index (χ1n) is 7.05. The van der Waals surface area contributed by atoms with E-state index in [1.54, 1.807) is 0 Å². The molecule has 0 aliphatic carbocycles. The van der Waals surface area contributed by atoms with Gasteiger partial charge in [0.05, 0.1) is 24.9 Å². The van der Waals surface area contributed by atoms with Crippen LogP contribution in [0.2, 0.25) is 0 Å². The van der Waals surface area contributed by atoms with Crippen LogP contribution in [0.3, 0.4) is 0 Å². The molecule has 0 saturated heterocycles. The average Bonchev–Trinajstić information content (AvgIpc) is 2.48. The zero-order chi connectivity index (χ0) is 14.4. The van der Waals surface area contributed by atoms with Gasteiger partial charge in [0.25, 0.3) is 0 Å². The second kappa shape index (κ2) is 7.06. The molecule has 1 N–H and O–H groups in total. The predicted molar refractivity (Wildman–Crippen MR) is 82.6 cm³/mol. The molecule has 0 radical (unpaired) electrons. The van der Waals surface area contributed by atoms with Crippen molar-refractivity contribution in [2.24, 2.45) is 5.92 Å². The molecule has 0 bridgehead atoms. The molecule has 1 aromatic carbocycles. The molecule has 0 unspecified atom stereocenters. The third-order valence-electron chi connectivity index (χ3n) is 3.50. The zero-order valence-electron chi connectivity index (χ0n) is 12.1. The monoisotopic (exact) mass is 270 g/mol. The molecular weight excluding hydrogens is 248 g/mol. The van der Waals surface area contributed by atoms with Crippen molar-refractivity contribution in [2.45, 2.75) is 26.4 Å². The highest BCUT2D eigenvalue weighted by Crippen LogP contribution is 2.22. The van der Waals surface area contributed by atoms with E-state index in [2.05, 4.69) is 35.9 Å². The van der Waals surface area contributed by atoms with Crippen LogP contribution in [0.5, 0.6) is 0 Å². The standard InChI is InChI=1S/C17H22N2O/c1-14(2)17(13-20)19(16-9-4-3-5-10-16)12-15-8-6-7-11-18-15/h3-11,14,17,20H,12-13H2,1-2H3/t17-/m1/s1. The second-order valence-corrected chi connectivity index (χ2v) is 5.28. The Hall–Kier alpha value is -1.87. The van der Waals surface area contributed by atoms with E-state index >= 15 is 0 Å². The van der Waals surface area contributed by atoms with Gasteiger partial charge in [-0.3, -0.25) is 4.98 Å². The molecule has 0 amide bonds. The van der Waals surface area contributed by atoms with E-state index < -0.39 is 0 Å². The minimum Gasteiger partial charge on any atom is -0.394 e. The van der Waals surface area contributed by atoms with Gasteiger partial charge in [-0.25, -0.2) is 0 Å². The van der Waals surface area contributed by atoms with Gasteiger partial charge in [0.15, 0.2) is 0 Å². The Labute approximate surface area is 120 Å². The fraction of sp³-hybridized carbons (Fsp3) is 0.353. The lowest BCUT2D eigenvalue weighted by molar-refractivity contribution is 0.229. The highest BCUT2D eigenvalue weighted by molar-refractivity contribution is 5.47. The summed E-state index contributed by atoms with van der Waals surface area (Å²) in [5.74, 6) is 0.365. The highest BCUT2D eigenvalue weighted by Gasteiger charge is 2.22. The largest absolute Gasteiger partial charge is 0.394 e. The number of nitrogens with zero attached hydrogens (tertiary/aromatic N) is 2. The summed E-state index contributed by atoms with van der Waals surface area (Å²) in [5, 5.41) is 9.74. The lowest BCUT2D eigenvalue weighted by Gasteiger charge is -2.35. The number of aromatic nitrogens is 1. The number of pyridine rings is 1. The summed E-state index contributed by atoms with van der Waals surface area (Å²) in [6.45, 7) is 5.11. The number of anilines is 1. The Morgan fingerprint density at radius 3 is 2.30 bits per heavy atom. The van der Waals surface area contributed by atoms with Gasteiger partial charge in [-0.1, -0.05) is 38.1 Å². The number of hydrogen-bond acceptors (Lipinski definition) is 3. The molecule has 1 atom stereocenters. The average molecular weight is 270 g/mol. The number of aliphatic hydroxyl groups is 1. The molecule has 2 aromatic rings. The minimum atomic E-state index is 0.0828. The van der Waals surface area contributed by atoms with E-state index in [-0.39, 0.29) is 12.6 Å². The number of rotatable bonds is 6. The topological polar surface area (TPSA) is 36.4 Å². The summed E-state index contributed by atoms with van der Waals surface area (Å²) in [5.41, 5.74) is 2.13. The van der Waals surface area contributed by atoms with E-state index in [1.165, 1.54) is 0 Å². The number of benzene rings is 1. The summed E-state index contributed by atoms with van der Waals surface area (Å²) < 4.78 is 0. The normalized spacial score (nSPS) is 12.4. The minimum absolute atomic E-state index is 0.0828. The molecule has 0 fully saturated rings. The molecule has 106 valence electrons. The van der Waals surface area contributed by atoms with E-state index in [9.17, 15) is 5.11 Å². The van der Waals surface area contributed by atoms with Crippen LogP contribution in [0.15, 0.2) is 54.7 Å². The van der Waals surface area contributed by atoms with Gasteiger partial charge in [0.2, 0.25) is 0 Å². The summed E-state index contributed by atoms with van der Waals surface area (Å²) in [7, 11) is 0. The molecule has 2 rings (SSSR count). The van der Waals surface area contributed by atoms with Gasteiger partial charge in [0.1, 0.15) is 0 Å². The van der Waals surface area contributed by atoms with Crippen molar-refractivity contribution in [3.8, 4) is 0 Å². The molecule has 20 heavy (non-hydrogen) atoms. The van der Waals surface area contributed by atoms with Crippen LogP contribution in [0, 0.1) is 5.92 Å². The Morgan fingerprint density at radius 2 is 1.75 bits per heavy atom. The first-order valence-corrected chi connectivity index (χ1v) is 7.05. The van der Waals surface area contributed by atoms with Crippen molar-refractivity contribution in [2.75, 3.05) is 11.5 Å². The van der Waals surface area contributed by atoms with Crippen LogP contribution in [-0.2, 0) is 6.54 Å². The first kappa shape index (κ1) is 14.5. The Balaban J connectivity index is 2.29. The number of aliphatic hydroxyl groups excluding tert-OH is 1. The summed E-state index contributed by atoms with van der Waals surface area (Å²) in [6, 6.07) is 16.2. The van der Waals surface area contributed by atoms with E-state index in [0.717, 1.165) is 11.4 Å². The lowest BCUT2D eigenvalue weighted by atomic mass is 10.0. The van der Waals surface area contributed by atoms with Crippen molar-refractivity contribution in [3.05, 3.63) is 60.4 Å². The summed E-state index contributed by atoms with van der Waals surface area (Å²) in [4.78, 5) is 6.63. The van der Waals surface area contributed by atoms with Crippen molar-refractivity contribution in [1.29, 1.82) is 0 Å². The third kappa shape index (κ3) is 3.58. The van der Waals surface area contributed by atoms with E-state index in [0.29, 0.717) is 12.5 Å². The fourth-order valence-electron chi connectivity index (χ4n) is 2.35. The maximum absolute atomic E-state index is 9.74. The molecule has 1 heterocycles. The fourth-order valence-corrected chi connectivity index (χ4v) is 2.35. The molecule has 3 nitrogen and oxygen atoms in total. The maximum atomic E-state index is 9.74. The van der Waals surface area contributed by atoms with Crippen LogP contribution < -0.4 is 4.90 Å². The summed E-state index contributed by atoms with van der Waals surface area (Å²) in [6.07, 6.45) is 1.81. The lowest BCUT2D eigenvalue weighted by Crippen LogP contribution is -2.41. The quantitative estimate of drug-likeness (QED) is 0.876. The maximum Gasteiger partial charge on any atom is 0.0637 e. The van der Waals surface area contributed by atoms with Crippen LogP contribution in [0.25, 0.3) is 0 Å². The van der Waals surface area contributed by atoms with E-state index in [4.69, 9.17) is 0 Å². The van der Waals surface area contributed by atoms with Gasteiger partial charge in [0, 0.05) is 11.9 Å². The Bertz CT molecular complexity index is 499. The van der Waals surface area contributed by atoms with Crippen LogP contribution in [-0.4, -0.2) is 22.7 Å². The van der Waals surface area contributed by atoms with E-state index in [1.807, 2.05) is 42.6 Å².